The molecule has 11 heteroatoms. The van der Waals surface area contributed by atoms with Crippen molar-refractivity contribution in [2.24, 2.45) is 0 Å². The Labute approximate surface area is 253 Å². The highest BCUT2D eigenvalue weighted by Gasteiger charge is 2.35. The van der Waals surface area contributed by atoms with Crippen LogP contribution in [-0.2, 0) is 26.2 Å². The molecule has 1 N–H and O–H groups in total. The Morgan fingerprint density at radius 3 is 2.26 bits per heavy atom. The van der Waals surface area contributed by atoms with Gasteiger partial charge in [0.1, 0.15) is 24.1 Å². The lowest BCUT2D eigenvalue weighted by molar-refractivity contribution is -0.140. The van der Waals surface area contributed by atoms with Crippen molar-refractivity contribution in [1.82, 2.24) is 10.2 Å². The van der Waals surface area contributed by atoms with Crippen LogP contribution < -0.4 is 19.1 Å². The zero-order valence-electron chi connectivity index (χ0n) is 24.5. The highest BCUT2D eigenvalue weighted by Crippen LogP contribution is 2.35. The van der Waals surface area contributed by atoms with Crippen LogP contribution >= 0.6 is 11.6 Å². The molecule has 0 bridgehead atoms. The van der Waals surface area contributed by atoms with Gasteiger partial charge in [0.25, 0.3) is 10.0 Å². The molecule has 0 saturated heterocycles. The molecule has 2 atom stereocenters. The van der Waals surface area contributed by atoms with Gasteiger partial charge in [-0.15, -0.1) is 0 Å². The average molecular weight is 616 g/mol. The predicted octanol–water partition coefficient (Wildman–Crippen LogP) is 5.27. The number of sulfonamides is 1. The Morgan fingerprint density at radius 2 is 1.64 bits per heavy atom. The maximum atomic E-state index is 14.2. The third kappa shape index (κ3) is 7.95. The number of hydrogen-bond donors (Lipinski definition) is 1. The Bertz CT molecular complexity index is 1470. The number of anilines is 1. The molecule has 0 aromatic heterocycles. The SMILES string of the molecule is CCC(C)NC(=O)C(CC)N(Cc1cccc(OC)c1)C(=O)CN(c1cc(Cl)ccc1OC)S(=O)(=O)c1ccccc1. The van der Waals surface area contributed by atoms with E-state index in [-0.39, 0.29) is 39.8 Å². The number of rotatable bonds is 14. The van der Waals surface area contributed by atoms with Gasteiger partial charge in [0, 0.05) is 17.6 Å². The number of amides is 2. The van der Waals surface area contributed by atoms with E-state index in [1.165, 1.54) is 36.3 Å². The number of halogens is 1. The second kappa shape index (κ2) is 14.9. The number of methoxy groups -OCH3 is 2. The number of ether oxygens (including phenoxy) is 2. The fourth-order valence-corrected chi connectivity index (χ4v) is 6.02. The van der Waals surface area contributed by atoms with Gasteiger partial charge in [0.2, 0.25) is 11.8 Å². The molecular formula is C31H38ClN3O6S. The fraction of sp³-hybridized carbons (Fsp3) is 0.355. The molecule has 0 radical (unpaired) electrons. The number of nitrogens with one attached hydrogen (secondary N) is 1. The molecule has 9 nitrogen and oxygen atoms in total. The summed E-state index contributed by atoms with van der Waals surface area (Å²) in [4.78, 5) is 29.1. The lowest BCUT2D eigenvalue weighted by Crippen LogP contribution is -2.53. The van der Waals surface area contributed by atoms with Gasteiger partial charge in [0.15, 0.2) is 0 Å². The quantitative estimate of drug-likeness (QED) is 0.265. The van der Waals surface area contributed by atoms with E-state index in [9.17, 15) is 18.0 Å². The van der Waals surface area contributed by atoms with E-state index in [0.717, 1.165) is 9.87 Å². The van der Waals surface area contributed by atoms with Crippen LogP contribution in [0.4, 0.5) is 5.69 Å². The first-order valence-corrected chi connectivity index (χ1v) is 15.5. The molecular weight excluding hydrogens is 578 g/mol. The smallest absolute Gasteiger partial charge is 0.264 e. The molecule has 3 aromatic rings. The topological polar surface area (TPSA) is 105 Å². The molecule has 0 aliphatic carbocycles. The molecule has 0 aliphatic rings. The van der Waals surface area contributed by atoms with E-state index < -0.39 is 28.5 Å². The maximum absolute atomic E-state index is 14.2. The third-order valence-electron chi connectivity index (χ3n) is 6.89. The molecule has 2 amide bonds. The maximum Gasteiger partial charge on any atom is 0.264 e. The number of nitrogens with zero attached hydrogens (tertiary/aromatic N) is 2. The first kappa shape index (κ1) is 32.8. The monoisotopic (exact) mass is 615 g/mol. The summed E-state index contributed by atoms with van der Waals surface area (Å²) in [5.41, 5.74) is 0.816. The van der Waals surface area contributed by atoms with Crippen molar-refractivity contribution in [2.75, 3.05) is 25.1 Å². The summed E-state index contributed by atoms with van der Waals surface area (Å²) >= 11 is 6.29. The van der Waals surface area contributed by atoms with Crippen LogP contribution in [0.5, 0.6) is 11.5 Å². The molecule has 226 valence electrons. The highest BCUT2D eigenvalue weighted by atomic mass is 35.5. The van der Waals surface area contributed by atoms with Crippen LogP contribution in [0.2, 0.25) is 5.02 Å². The molecule has 42 heavy (non-hydrogen) atoms. The largest absolute Gasteiger partial charge is 0.497 e. The minimum absolute atomic E-state index is 0.0132. The molecule has 3 aromatic carbocycles. The number of carbonyl (C=O) groups is 2. The lowest BCUT2D eigenvalue weighted by atomic mass is 10.1. The van der Waals surface area contributed by atoms with Crippen molar-refractivity contribution in [3.05, 3.63) is 83.4 Å². The van der Waals surface area contributed by atoms with Gasteiger partial charge in [-0.25, -0.2) is 8.42 Å². The van der Waals surface area contributed by atoms with Crippen molar-refractivity contribution in [3.8, 4) is 11.5 Å². The standard InChI is InChI=1S/C31H38ClN3O6S/c1-6-22(3)33-31(37)27(7-2)34(20-23-12-11-13-25(18-23)40-4)30(36)21-35(28-19-24(32)16-17-29(28)41-5)42(38,39)26-14-9-8-10-15-26/h8-19,22,27H,6-7,20-21H2,1-5H3,(H,33,37). The summed E-state index contributed by atoms with van der Waals surface area (Å²) in [6.07, 6.45) is 1.02. The first-order chi connectivity index (χ1) is 20.0. The number of carbonyl (C=O) groups excluding carboxylic acids is 2. The average Bonchev–Trinajstić information content (AvgIpc) is 2.99. The van der Waals surface area contributed by atoms with Crippen molar-refractivity contribution >= 4 is 39.1 Å². The number of hydrogen-bond acceptors (Lipinski definition) is 6. The summed E-state index contributed by atoms with van der Waals surface area (Å²) in [5, 5.41) is 3.23. The van der Waals surface area contributed by atoms with Crippen molar-refractivity contribution in [3.63, 3.8) is 0 Å². The predicted molar refractivity (Wildman–Crippen MR) is 164 cm³/mol. The van der Waals surface area contributed by atoms with E-state index in [1.807, 2.05) is 26.8 Å². The molecule has 0 fully saturated rings. The van der Waals surface area contributed by atoms with Crippen molar-refractivity contribution < 1.29 is 27.5 Å². The van der Waals surface area contributed by atoms with Crippen LogP contribution in [-0.4, -0.2) is 58.0 Å². The van der Waals surface area contributed by atoms with Gasteiger partial charge in [-0.3, -0.25) is 13.9 Å². The van der Waals surface area contributed by atoms with Gasteiger partial charge in [0.05, 0.1) is 24.8 Å². The molecule has 2 unspecified atom stereocenters. The lowest BCUT2D eigenvalue weighted by Gasteiger charge is -2.34. The van der Waals surface area contributed by atoms with Crippen LogP contribution in [0.15, 0.2) is 77.7 Å². The Morgan fingerprint density at radius 1 is 0.929 bits per heavy atom. The van der Waals surface area contributed by atoms with Gasteiger partial charge in [-0.05, 0) is 67.8 Å². The first-order valence-electron chi connectivity index (χ1n) is 13.7. The zero-order valence-corrected chi connectivity index (χ0v) is 26.1. The van der Waals surface area contributed by atoms with E-state index in [1.54, 1.807) is 49.6 Å². The van der Waals surface area contributed by atoms with Gasteiger partial charge >= 0.3 is 0 Å². The number of benzene rings is 3. The molecule has 3 rings (SSSR count). The van der Waals surface area contributed by atoms with Crippen LogP contribution in [0, 0.1) is 0 Å². The minimum Gasteiger partial charge on any atom is -0.497 e. The molecule has 0 aliphatic heterocycles. The second-order valence-corrected chi connectivity index (χ2v) is 12.1. The fourth-order valence-electron chi connectivity index (χ4n) is 4.42. The van der Waals surface area contributed by atoms with E-state index in [4.69, 9.17) is 21.1 Å². The van der Waals surface area contributed by atoms with Crippen LogP contribution in [0.1, 0.15) is 39.2 Å². The van der Waals surface area contributed by atoms with E-state index >= 15 is 0 Å². The zero-order chi connectivity index (χ0) is 30.9. The van der Waals surface area contributed by atoms with Gasteiger partial charge < -0.3 is 19.7 Å². The van der Waals surface area contributed by atoms with Crippen LogP contribution in [0.25, 0.3) is 0 Å². The molecule has 0 heterocycles. The Hall–Kier alpha value is -3.76. The summed E-state index contributed by atoms with van der Waals surface area (Å²) in [7, 11) is -1.32. The van der Waals surface area contributed by atoms with Crippen LogP contribution in [0.3, 0.4) is 0 Å². The summed E-state index contributed by atoms with van der Waals surface area (Å²) in [5.74, 6) is -0.0899. The Kier molecular flexibility index (Phi) is 11.6. The molecule has 0 saturated carbocycles. The summed E-state index contributed by atoms with van der Waals surface area (Å²) in [6, 6.07) is 18.6. The van der Waals surface area contributed by atoms with Crippen molar-refractivity contribution in [1.29, 1.82) is 0 Å². The summed E-state index contributed by atoms with van der Waals surface area (Å²) in [6.45, 7) is 5.10. The van der Waals surface area contributed by atoms with E-state index in [2.05, 4.69) is 5.32 Å². The second-order valence-electron chi connectivity index (χ2n) is 9.76. The normalized spacial score (nSPS) is 12.6. The van der Waals surface area contributed by atoms with Gasteiger partial charge in [-0.1, -0.05) is 55.8 Å². The van der Waals surface area contributed by atoms with Crippen molar-refractivity contribution in [2.45, 2.75) is 57.1 Å². The summed E-state index contributed by atoms with van der Waals surface area (Å²) < 4.78 is 39.9. The molecule has 0 spiro atoms. The third-order valence-corrected chi connectivity index (χ3v) is 8.90. The van der Waals surface area contributed by atoms with E-state index in [0.29, 0.717) is 18.6 Å². The minimum atomic E-state index is -4.26. The van der Waals surface area contributed by atoms with Gasteiger partial charge in [-0.2, -0.15) is 0 Å². The highest BCUT2D eigenvalue weighted by molar-refractivity contribution is 7.92. The Balaban J connectivity index is 2.12.